The molecule has 2 aliphatic rings. The van der Waals surface area contributed by atoms with Crippen LogP contribution < -0.4 is 0 Å². The lowest BCUT2D eigenvalue weighted by atomic mass is 10.1. The second-order valence-electron chi connectivity index (χ2n) is 7.99. The van der Waals surface area contributed by atoms with Gasteiger partial charge >= 0.3 is 11.9 Å². The molecular formula is C21H36O4S4. The molecule has 0 N–H and O–H groups in total. The van der Waals surface area contributed by atoms with Gasteiger partial charge < -0.3 is 9.47 Å². The van der Waals surface area contributed by atoms with Crippen LogP contribution in [0.3, 0.4) is 0 Å². The summed E-state index contributed by atoms with van der Waals surface area (Å²) >= 11 is 0. The number of hydrogen-bond acceptors (Lipinski definition) is 8. The van der Waals surface area contributed by atoms with Crippen molar-refractivity contribution in [3.63, 3.8) is 0 Å². The van der Waals surface area contributed by atoms with Crippen LogP contribution in [0.1, 0.15) is 84.5 Å². The number of unbranched alkanes of at least 4 members (excludes halogenated alkanes) is 2. The molecule has 0 aromatic carbocycles. The molecule has 0 aromatic heterocycles. The van der Waals surface area contributed by atoms with E-state index in [1.54, 1.807) is 0 Å². The standard InChI is InChI=1S/C21H36O4S4/c1-16(24-20(22)9-5-3-7-18-11-13-26-28-18)15-17(2)25-21(23)10-6-4-8-19-12-14-27-29-19/h16-19H,3-15H2,1-2H3. The minimum absolute atomic E-state index is 0.132. The first-order valence-corrected chi connectivity index (χ1v) is 15.7. The zero-order valence-corrected chi connectivity index (χ0v) is 21.0. The summed E-state index contributed by atoms with van der Waals surface area (Å²) in [5.41, 5.74) is 0. The summed E-state index contributed by atoms with van der Waals surface area (Å²) in [4.78, 5) is 24.0. The fourth-order valence-corrected chi connectivity index (χ4v) is 9.60. The van der Waals surface area contributed by atoms with Gasteiger partial charge in [-0.25, -0.2) is 0 Å². The number of ether oxygens (including phenoxy) is 2. The molecule has 4 atom stereocenters. The van der Waals surface area contributed by atoms with Crippen molar-refractivity contribution in [2.24, 2.45) is 0 Å². The van der Waals surface area contributed by atoms with Gasteiger partial charge in [-0.15, -0.1) is 0 Å². The predicted molar refractivity (Wildman–Crippen MR) is 130 cm³/mol. The van der Waals surface area contributed by atoms with Crippen LogP contribution in [0, 0.1) is 0 Å². The normalized spacial score (nSPS) is 23.7. The Morgan fingerprint density at radius 1 is 0.793 bits per heavy atom. The Kier molecular flexibility index (Phi) is 13.4. The number of carbonyl (C=O) groups excluding carboxylic acids is 2. The molecule has 168 valence electrons. The third-order valence-corrected chi connectivity index (χ3v) is 11.1. The monoisotopic (exact) mass is 480 g/mol. The molecule has 2 fully saturated rings. The summed E-state index contributed by atoms with van der Waals surface area (Å²) in [7, 11) is 7.91. The molecule has 0 saturated carbocycles. The lowest BCUT2D eigenvalue weighted by Crippen LogP contribution is -2.23. The SMILES string of the molecule is CC(CC(C)OC(=O)CCCCC1CCSS1)OC(=O)CCCCC1CCSS1. The number of esters is 2. The summed E-state index contributed by atoms with van der Waals surface area (Å²) in [6, 6.07) is 0. The fourth-order valence-electron chi connectivity index (χ4n) is 3.54. The lowest BCUT2D eigenvalue weighted by molar-refractivity contribution is -0.154. The average Bonchev–Trinajstić information content (AvgIpc) is 3.36. The van der Waals surface area contributed by atoms with Crippen LogP contribution in [0.2, 0.25) is 0 Å². The molecule has 0 spiro atoms. The summed E-state index contributed by atoms with van der Waals surface area (Å²) in [6.45, 7) is 3.76. The van der Waals surface area contributed by atoms with Gasteiger partial charge in [0.1, 0.15) is 12.2 Å². The Labute approximate surface area is 192 Å². The van der Waals surface area contributed by atoms with Crippen molar-refractivity contribution in [2.75, 3.05) is 11.5 Å². The van der Waals surface area contributed by atoms with E-state index >= 15 is 0 Å². The first-order chi connectivity index (χ1) is 14.0. The van der Waals surface area contributed by atoms with Crippen molar-refractivity contribution in [1.29, 1.82) is 0 Å². The van der Waals surface area contributed by atoms with Crippen LogP contribution >= 0.6 is 43.2 Å². The van der Waals surface area contributed by atoms with Crippen molar-refractivity contribution >= 4 is 55.1 Å². The smallest absolute Gasteiger partial charge is 0.306 e. The van der Waals surface area contributed by atoms with Gasteiger partial charge in [0.2, 0.25) is 0 Å². The molecule has 2 rings (SSSR count). The van der Waals surface area contributed by atoms with Crippen LogP contribution in [-0.2, 0) is 19.1 Å². The first-order valence-electron chi connectivity index (χ1n) is 11.0. The van der Waals surface area contributed by atoms with Crippen LogP contribution in [0.5, 0.6) is 0 Å². The lowest BCUT2D eigenvalue weighted by Gasteiger charge is -2.18. The van der Waals surface area contributed by atoms with Gasteiger partial charge in [0.05, 0.1) is 0 Å². The van der Waals surface area contributed by atoms with Crippen LogP contribution in [0.4, 0.5) is 0 Å². The minimum Gasteiger partial charge on any atom is -0.463 e. The topological polar surface area (TPSA) is 52.6 Å². The van der Waals surface area contributed by atoms with E-state index in [2.05, 4.69) is 0 Å². The molecule has 2 aliphatic heterocycles. The second kappa shape index (κ2) is 15.2. The quantitative estimate of drug-likeness (QED) is 0.155. The maximum atomic E-state index is 12.0. The van der Waals surface area contributed by atoms with Crippen molar-refractivity contribution in [2.45, 2.75) is 107 Å². The molecule has 0 aromatic rings. The zero-order valence-electron chi connectivity index (χ0n) is 17.8. The Balaban J connectivity index is 1.45. The summed E-state index contributed by atoms with van der Waals surface area (Å²) in [6.07, 6.45) is 10.1. The summed E-state index contributed by atoms with van der Waals surface area (Å²) in [5, 5.41) is 1.54. The van der Waals surface area contributed by atoms with Crippen molar-refractivity contribution in [1.82, 2.24) is 0 Å². The van der Waals surface area contributed by atoms with E-state index < -0.39 is 0 Å². The third kappa shape index (κ3) is 12.1. The molecule has 0 aliphatic carbocycles. The highest BCUT2D eigenvalue weighted by Gasteiger charge is 2.19. The Morgan fingerprint density at radius 3 is 1.62 bits per heavy atom. The number of hydrogen-bond donors (Lipinski definition) is 0. The molecule has 0 amide bonds. The first kappa shape index (κ1) is 25.6. The Morgan fingerprint density at radius 2 is 1.24 bits per heavy atom. The van der Waals surface area contributed by atoms with Crippen LogP contribution in [0.25, 0.3) is 0 Å². The van der Waals surface area contributed by atoms with Gasteiger partial charge in [0, 0.05) is 41.3 Å². The average molecular weight is 481 g/mol. The van der Waals surface area contributed by atoms with E-state index in [1.165, 1.54) is 37.2 Å². The third-order valence-electron chi connectivity index (χ3n) is 5.10. The number of carbonyl (C=O) groups is 2. The minimum atomic E-state index is -0.219. The van der Waals surface area contributed by atoms with E-state index in [4.69, 9.17) is 9.47 Å². The molecule has 0 bridgehead atoms. The van der Waals surface area contributed by atoms with E-state index in [9.17, 15) is 9.59 Å². The van der Waals surface area contributed by atoms with Gasteiger partial charge in [-0.1, -0.05) is 56.0 Å². The molecule has 0 radical (unpaired) electrons. The Hall–Kier alpha value is 0.340. The molecule has 2 heterocycles. The molecule has 29 heavy (non-hydrogen) atoms. The van der Waals surface area contributed by atoms with Gasteiger partial charge in [-0.2, -0.15) is 0 Å². The Bertz CT molecular complexity index is 437. The highest BCUT2D eigenvalue weighted by molar-refractivity contribution is 8.77. The maximum absolute atomic E-state index is 12.0. The number of rotatable bonds is 14. The largest absolute Gasteiger partial charge is 0.463 e. The van der Waals surface area contributed by atoms with Gasteiger partial charge in [0.25, 0.3) is 0 Å². The van der Waals surface area contributed by atoms with Crippen molar-refractivity contribution in [3.05, 3.63) is 0 Å². The molecule has 4 nitrogen and oxygen atoms in total. The van der Waals surface area contributed by atoms with Crippen molar-refractivity contribution in [3.8, 4) is 0 Å². The van der Waals surface area contributed by atoms with Gasteiger partial charge in [0.15, 0.2) is 0 Å². The zero-order chi connectivity index (χ0) is 20.9. The highest BCUT2D eigenvalue weighted by atomic mass is 33.1. The van der Waals surface area contributed by atoms with E-state index in [0.29, 0.717) is 19.3 Å². The molecule has 2 saturated heterocycles. The predicted octanol–water partition coefficient (Wildman–Crippen LogP) is 6.67. The van der Waals surface area contributed by atoms with Crippen LogP contribution in [0.15, 0.2) is 0 Å². The molecular weight excluding hydrogens is 444 g/mol. The fraction of sp³-hybridized carbons (Fsp3) is 0.905. The van der Waals surface area contributed by atoms with Crippen molar-refractivity contribution < 1.29 is 19.1 Å². The van der Waals surface area contributed by atoms with E-state index in [0.717, 1.165) is 36.2 Å². The molecule has 8 heteroatoms. The summed E-state index contributed by atoms with van der Waals surface area (Å²) in [5.74, 6) is 2.26. The maximum Gasteiger partial charge on any atom is 0.306 e. The summed E-state index contributed by atoms with van der Waals surface area (Å²) < 4.78 is 11.0. The van der Waals surface area contributed by atoms with E-state index in [1.807, 2.05) is 57.0 Å². The molecule has 4 unspecified atom stereocenters. The van der Waals surface area contributed by atoms with Gasteiger partial charge in [-0.3, -0.25) is 9.59 Å². The van der Waals surface area contributed by atoms with E-state index in [-0.39, 0.29) is 24.1 Å². The van der Waals surface area contributed by atoms with Crippen LogP contribution in [-0.4, -0.2) is 46.2 Å². The van der Waals surface area contributed by atoms with Gasteiger partial charge in [-0.05, 0) is 52.4 Å². The second-order valence-corrected chi connectivity index (χ2v) is 13.6. The highest BCUT2D eigenvalue weighted by Crippen LogP contribution is 2.40.